The van der Waals surface area contributed by atoms with Crippen molar-refractivity contribution in [1.29, 1.82) is 0 Å². The molecular weight excluding hydrogens is 534 g/mol. The van der Waals surface area contributed by atoms with Crippen LogP contribution >= 0.6 is 0 Å². The molecule has 0 bridgehead atoms. The van der Waals surface area contributed by atoms with Gasteiger partial charge in [-0.2, -0.15) is 0 Å². The highest BCUT2D eigenvalue weighted by atomic mass is 32.2. The Bertz CT molecular complexity index is 1500. The summed E-state index contributed by atoms with van der Waals surface area (Å²) in [5, 5.41) is 3.11. The topological polar surface area (TPSA) is 86.8 Å². The van der Waals surface area contributed by atoms with Gasteiger partial charge in [-0.25, -0.2) is 8.42 Å². The SMILES string of the molecule is Cc1ccc(S(=O)(=O)N(CC(=O)N(Cc2cccc(C)c2)[C@H](C)C(=O)NC2CCCC2)c2cc(C)ccc2C)cc1. The lowest BCUT2D eigenvalue weighted by Crippen LogP contribution is -2.52. The number of rotatable bonds is 10. The van der Waals surface area contributed by atoms with Crippen LogP contribution in [-0.4, -0.2) is 43.8 Å². The molecule has 1 aliphatic rings. The predicted octanol–water partition coefficient (Wildman–Crippen LogP) is 5.59. The van der Waals surface area contributed by atoms with Crippen molar-refractivity contribution in [2.75, 3.05) is 10.8 Å². The fraction of sp³-hybridized carbons (Fsp3) is 0.394. The summed E-state index contributed by atoms with van der Waals surface area (Å²) in [6.07, 6.45) is 4.01. The van der Waals surface area contributed by atoms with E-state index in [4.69, 9.17) is 0 Å². The minimum absolute atomic E-state index is 0.106. The minimum Gasteiger partial charge on any atom is -0.352 e. The monoisotopic (exact) mass is 575 g/mol. The van der Waals surface area contributed by atoms with Gasteiger partial charge >= 0.3 is 0 Å². The second-order valence-corrected chi connectivity index (χ2v) is 13.2. The molecule has 2 amide bonds. The zero-order chi connectivity index (χ0) is 29.7. The van der Waals surface area contributed by atoms with Crippen molar-refractivity contribution < 1.29 is 18.0 Å². The molecule has 1 saturated carbocycles. The molecule has 0 spiro atoms. The number of hydrogen-bond donors (Lipinski definition) is 1. The summed E-state index contributed by atoms with van der Waals surface area (Å²) in [4.78, 5) is 29.1. The first-order chi connectivity index (χ1) is 19.5. The van der Waals surface area contributed by atoms with Gasteiger partial charge in [-0.15, -0.1) is 0 Å². The van der Waals surface area contributed by atoms with E-state index in [1.165, 1.54) is 9.21 Å². The van der Waals surface area contributed by atoms with E-state index in [1.807, 2.05) is 64.1 Å². The second-order valence-electron chi connectivity index (χ2n) is 11.3. The molecule has 1 atom stereocenters. The smallest absolute Gasteiger partial charge is 0.264 e. The summed E-state index contributed by atoms with van der Waals surface area (Å²) in [6.45, 7) is 9.05. The molecule has 3 aromatic rings. The number of hydrogen-bond acceptors (Lipinski definition) is 4. The third-order valence-electron chi connectivity index (χ3n) is 7.83. The van der Waals surface area contributed by atoms with Gasteiger partial charge in [0.2, 0.25) is 11.8 Å². The van der Waals surface area contributed by atoms with Crippen LogP contribution in [0.2, 0.25) is 0 Å². The van der Waals surface area contributed by atoms with Gasteiger partial charge in [0.1, 0.15) is 12.6 Å². The third kappa shape index (κ3) is 7.36. The van der Waals surface area contributed by atoms with Crippen LogP contribution in [0.3, 0.4) is 0 Å². The maximum absolute atomic E-state index is 14.2. The molecule has 0 unspecified atom stereocenters. The summed E-state index contributed by atoms with van der Waals surface area (Å²) in [5.74, 6) is -0.672. The van der Waals surface area contributed by atoms with Crippen molar-refractivity contribution in [3.63, 3.8) is 0 Å². The van der Waals surface area contributed by atoms with Crippen molar-refractivity contribution in [1.82, 2.24) is 10.2 Å². The lowest BCUT2D eigenvalue weighted by Gasteiger charge is -2.33. The van der Waals surface area contributed by atoms with E-state index in [9.17, 15) is 18.0 Å². The van der Waals surface area contributed by atoms with Crippen LogP contribution in [0.15, 0.2) is 71.6 Å². The maximum Gasteiger partial charge on any atom is 0.264 e. The lowest BCUT2D eigenvalue weighted by atomic mass is 10.1. The Kier molecular flexibility index (Phi) is 9.53. The summed E-state index contributed by atoms with van der Waals surface area (Å²) in [6, 6.07) is 19.3. The molecule has 7 nitrogen and oxygen atoms in total. The standard InChI is InChI=1S/C33H41N3O4S/c1-23-14-17-30(18-15-23)41(39,40)36(31-20-25(3)13-16-26(31)4)22-32(37)35(21-28-10-8-9-24(2)19-28)27(5)33(38)34-29-11-6-7-12-29/h8-10,13-20,27,29H,6-7,11-12,21-22H2,1-5H3,(H,34,38)/t27-/m1/s1. The number of nitrogens with one attached hydrogen (secondary N) is 1. The Morgan fingerprint density at radius 1 is 0.878 bits per heavy atom. The van der Waals surface area contributed by atoms with Crippen LogP contribution in [0.25, 0.3) is 0 Å². The van der Waals surface area contributed by atoms with Crippen LogP contribution in [-0.2, 0) is 26.2 Å². The normalized spacial score (nSPS) is 14.5. The molecule has 41 heavy (non-hydrogen) atoms. The van der Waals surface area contributed by atoms with Crippen molar-refractivity contribution >= 4 is 27.5 Å². The largest absolute Gasteiger partial charge is 0.352 e. The second kappa shape index (κ2) is 12.9. The molecule has 0 aromatic heterocycles. The number of carbonyl (C=O) groups is 2. The summed E-state index contributed by atoms with van der Waals surface area (Å²) >= 11 is 0. The molecule has 3 aromatic carbocycles. The molecule has 1 fully saturated rings. The molecule has 4 rings (SSSR count). The van der Waals surface area contributed by atoms with E-state index >= 15 is 0 Å². The highest BCUT2D eigenvalue weighted by Gasteiger charge is 2.34. The Balaban J connectivity index is 1.72. The lowest BCUT2D eigenvalue weighted by molar-refractivity contribution is -0.139. The van der Waals surface area contributed by atoms with Gasteiger partial charge in [0, 0.05) is 12.6 Å². The highest BCUT2D eigenvalue weighted by molar-refractivity contribution is 7.92. The number of aryl methyl sites for hydroxylation is 4. The number of sulfonamides is 1. The summed E-state index contributed by atoms with van der Waals surface area (Å²) in [7, 11) is -4.10. The van der Waals surface area contributed by atoms with Crippen molar-refractivity contribution in [3.05, 3.63) is 94.5 Å². The Labute approximate surface area is 244 Å². The van der Waals surface area contributed by atoms with E-state index in [0.717, 1.165) is 53.5 Å². The van der Waals surface area contributed by atoms with E-state index < -0.39 is 28.5 Å². The summed E-state index contributed by atoms with van der Waals surface area (Å²) in [5.41, 5.74) is 4.90. The number of anilines is 1. The Morgan fingerprint density at radius 2 is 1.51 bits per heavy atom. The molecule has 1 aliphatic carbocycles. The number of nitrogens with zero attached hydrogens (tertiary/aromatic N) is 2. The average Bonchev–Trinajstić information content (AvgIpc) is 3.44. The number of amides is 2. The fourth-order valence-electron chi connectivity index (χ4n) is 5.32. The first-order valence-electron chi connectivity index (χ1n) is 14.3. The molecule has 1 N–H and O–H groups in total. The van der Waals surface area contributed by atoms with Gasteiger partial charge in [0.05, 0.1) is 10.6 Å². The van der Waals surface area contributed by atoms with Gasteiger partial charge in [0.25, 0.3) is 10.0 Å². The fourth-order valence-corrected chi connectivity index (χ4v) is 6.79. The van der Waals surface area contributed by atoms with Crippen molar-refractivity contribution in [3.8, 4) is 0 Å². The molecule has 0 heterocycles. The Hall–Kier alpha value is -3.65. The number of carbonyl (C=O) groups excluding carboxylic acids is 2. The number of benzene rings is 3. The van der Waals surface area contributed by atoms with E-state index in [1.54, 1.807) is 37.3 Å². The van der Waals surface area contributed by atoms with Crippen LogP contribution < -0.4 is 9.62 Å². The van der Waals surface area contributed by atoms with Gasteiger partial charge in [0.15, 0.2) is 0 Å². The average molecular weight is 576 g/mol. The van der Waals surface area contributed by atoms with Crippen LogP contribution in [0.4, 0.5) is 5.69 Å². The van der Waals surface area contributed by atoms with Gasteiger partial charge in [-0.3, -0.25) is 13.9 Å². The van der Waals surface area contributed by atoms with E-state index in [2.05, 4.69) is 5.32 Å². The van der Waals surface area contributed by atoms with Crippen LogP contribution in [0.5, 0.6) is 0 Å². The molecule has 8 heteroatoms. The van der Waals surface area contributed by atoms with Crippen LogP contribution in [0, 0.1) is 27.7 Å². The Morgan fingerprint density at radius 3 is 2.17 bits per heavy atom. The first-order valence-corrected chi connectivity index (χ1v) is 15.7. The van der Waals surface area contributed by atoms with Gasteiger partial charge in [-0.05, 0) is 82.3 Å². The quantitative estimate of drug-likeness (QED) is 0.341. The van der Waals surface area contributed by atoms with E-state index in [0.29, 0.717) is 5.69 Å². The molecule has 0 aliphatic heterocycles. The first kappa shape index (κ1) is 30.3. The highest BCUT2D eigenvalue weighted by Crippen LogP contribution is 2.29. The van der Waals surface area contributed by atoms with Crippen LogP contribution in [0.1, 0.15) is 60.4 Å². The zero-order valence-corrected chi connectivity index (χ0v) is 25.5. The third-order valence-corrected chi connectivity index (χ3v) is 9.60. The van der Waals surface area contributed by atoms with Gasteiger partial charge < -0.3 is 10.2 Å². The molecular formula is C33H41N3O4S. The van der Waals surface area contributed by atoms with E-state index in [-0.39, 0.29) is 23.4 Å². The molecule has 218 valence electrons. The van der Waals surface area contributed by atoms with Crippen molar-refractivity contribution in [2.24, 2.45) is 0 Å². The van der Waals surface area contributed by atoms with Gasteiger partial charge in [-0.1, -0.05) is 72.5 Å². The van der Waals surface area contributed by atoms with Crippen molar-refractivity contribution in [2.45, 2.75) is 83.8 Å². The maximum atomic E-state index is 14.2. The molecule has 0 saturated heterocycles. The molecule has 0 radical (unpaired) electrons. The summed E-state index contributed by atoms with van der Waals surface area (Å²) < 4.78 is 29.3. The predicted molar refractivity (Wildman–Crippen MR) is 163 cm³/mol. The minimum atomic E-state index is -4.10. The zero-order valence-electron chi connectivity index (χ0n) is 24.7.